The number of nitrogens with one attached hydrogen (secondary N) is 1. The molecule has 0 aliphatic heterocycles. The topological polar surface area (TPSA) is 78.9 Å². The van der Waals surface area contributed by atoms with E-state index in [2.05, 4.69) is 15.0 Å². The first kappa shape index (κ1) is 11.6. The molecule has 0 saturated carbocycles. The van der Waals surface area contributed by atoms with E-state index in [1.165, 1.54) is 0 Å². The summed E-state index contributed by atoms with van der Waals surface area (Å²) in [6, 6.07) is 1.81. The molecule has 2 rings (SSSR count). The highest BCUT2D eigenvalue weighted by Gasteiger charge is 2.16. The van der Waals surface area contributed by atoms with Gasteiger partial charge in [0.1, 0.15) is 5.82 Å². The third-order valence-corrected chi connectivity index (χ3v) is 2.79. The highest BCUT2D eigenvalue weighted by molar-refractivity contribution is 5.78. The van der Waals surface area contributed by atoms with Crippen LogP contribution in [0.15, 0.2) is 12.3 Å². The van der Waals surface area contributed by atoms with E-state index in [1.807, 2.05) is 13.8 Å². The maximum Gasteiger partial charge on any atom is 0.310 e. The number of pyridine rings is 1. The van der Waals surface area contributed by atoms with E-state index in [-0.39, 0.29) is 0 Å². The lowest BCUT2D eigenvalue weighted by Gasteiger charge is -2.04. The molecule has 0 aliphatic carbocycles. The third-order valence-electron chi connectivity index (χ3n) is 2.79. The van der Waals surface area contributed by atoms with Crippen LogP contribution in [0.4, 0.5) is 0 Å². The van der Waals surface area contributed by atoms with Crippen LogP contribution in [0.5, 0.6) is 0 Å². The molecule has 0 aliphatic rings. The largest absolute Gasteiger partial charge is 0.481 e. The van der Waals surface area contributed by atoms with Crippen molar-refractivity contribution in [1.29, 1.82) is 0 Å². The van der Waals surface area contributed by atoms with Gasteiger partial charge in [-0.2, -0.15) is 0 Å². The second-order valence-electron chi connectivity index (χ2n) is 4.48. The van der Waals surface area contributed by atoms with Gasteiger partial charge in [-0.05, 0) is 18.6 Å². The maximum atomic E-state index is 10.9. The number of carboxylic acid groups (broad SMARTS) is 1. The summed E-state index contributed by atoms with van der Waals surface area (Å²) in [5.41, 5.74) is 2.11. The van der Waals surface area contributed by atoms with Crippen molar-refractivity contribution in [1.82, 2.24) is 15.0 Å². The Kier molecular flexibility index (Phi) is 2.83. The molecule has 5 nitrogen and oxygen atoms in total. The van der Waals surface area contributed by atoms with Crippen molar-refractivity contribution < 1.29 is 9.90 Å². The standard InChI is InChI=1S/C12H15N3O2/c1-6(2)10-14-9-4-8(7(3)12(16)17)5-13-11(9)15-10/h4-7H,1-3H3,(H,16,17)(H,13,14,15). The predicted octanol–water partition coefficient (Wildman–Crippen LogP) is 2.27. The molecule has 0 radical (unpaired) electrons. The molecule has 2 aromatic heterocycles. The molecular formula is C12H15N3O2. The molecule has 1 unspecified atom stereocenters. The number of aromatic amines is 1. The van der Waals surface area contributed by atoms with Crippen molar-refractivity contribution in [3.05, 3.63) is 23.7 Å². The predicted molar refractivity (Wildman–Crippen MR) is 64.0 cm³/mol. The van der Waals surface area contributed by atoms with E-state index >= 15 is 0 Å². The van der Waals surface area contributed by atoms with Crippen molar-refractivity contribution in [3.63, 3.8) is 0 Å². The first-order valence-electron chi connectivity index (χ1n) is 5.57. The summed E-state index contributed by atoms with van der Waals surface area (Å²) in [5, 5.41) is 8.95. The number of carbonyl (C=O) groups is 1. The first-order valence-corrected chi connectivity index (χ1v) is 5.57. The van der Waals surface area contributed by atoms with Crippen LogP contribution in [0.3, 0.4) is 0 Å². The summed E-state index contributed by atoms with van der Waals surface area (Å²) < 4.78 is 0. The number of imidazole rings is 1. The van der Waals surface area contributed by atoms with Gasteiger partial charge in [0.05, 0.1) is 11.4 Å². The summed E-state index contributed by atoms with van der Waals surface area (Å²) in [4.78, 5) is 22.6. The number of rotatable bonds is 3. The van der Waals surface area contributed by atoms with E-state index in [1.54, 1.807) is 19.2 Å². The number of H-pyrrole nitrogens is 1. The Morgan fingerprint density at radius 2 is 2.12 bits per heavy atom. The molecule has 0 fully saturated rings. The number of hydrogen-bond acceptors (Lipinski definition) is 3. The molecule has 2 N–H and O–H groups in total. The van der Waals surface area contributed by atoms with Crippen LogP contribution in [0.25, 0.3) is 11.2 Å². The lowest BCUT2D eigenvalue weighted by molar-refractivity contribution is -0.138. The second kappa shape index (κ2) is 4.16. The fraction of sp³-hybridized carbons (Fsp3) is 0.417. The molecule has 17 heavy (non-hydrogen) atoms. The van der Waals surface area contributed by atoms with Crippen LogP contribution < -0.4 is 0 Å². The third kappa shape index (κ3) is 2.13. The van der Waals surface area contributed by atoms with E-state index in [9.17, 15) is 4.79 Å². The molecule has 90 valence electrons. The second-order valence-corrected chi connectivity index (χ2v) is 4.48. The van der Waals surface area contributed by atoms with Crippen LogP contribution in [0.2, 0.25) is 0 Å². The normalized spacial score (nSPS) is 13.2. The molecule has 5 heteroatoms. The summed E-state index contributed by atoms with van der Waals surface area (Å²) in [6.45, 7) is 5.72. The van der Waals surface area contributed by atoms with Crippen molar-refractivity contribution in [2.75, 3.05) is 0 Å². The van der Waals surface area contributed by atoms with Gasteiger partial charge in [0.15, 0.2) is 5.65 Å². The van der Waals surface area contributed by atoms with Gasteiger partial charge in [0, 0.05) is 12.1 Å². The van der Waals surface area contributed by atoms with Crippen molar-refractivity contribution in [2.45, 2.75) is 32.6 Å². The highest BCUT2D eigenvalue weighted by atomic mass is 16.4. The first-order chi connectivity index (χ1) is 7.99. The number of aliphatic carboxylic acids is 1. The zero-order valence-corrected chi connectivity index (χ0v) is 10.1. The number of hydrogen-bond donors (Lipinski definition) is 2. The molecule has 1 atom stereocenters. The van der Waals surface area contributed by atoms with Crippen LogP contribution in [0.1, 0.15) is 44.0 Å². The quantitative estimate of drug-likeness (QED) is 0.852. The van der Waals surface area contributed by atoms with E-state index in [4.69, 9.17) is 5.11 Å². The minimum absolute atomic E-state index is 0.296. The Morgan fingerprint density at radius 3 is 2.71 bits per heavy atom. The fourth-order valence-corrected chi connectivity index (χ4v) is 1.59. The molecule has 0 saturated heterocycles. The molecular weight excluding hydrogens is 218 g/mol. The maximum absolute atomic E-state index is 10.9. The van der Waals surface area contributed by atoms with Gasteiger partial charge < -0.3 is 10.1 Å². The zero-order valence-electron chi connectivity index (χ0n) is 10.1. The number of carboxylic acids is 1. The summed E-state index contributed by atoms with van der Waals surface area (Å²) in [7, 11) is 0. The molecule has 0 aromatic carbocycles. The summed E-state index contributed by atoms with van der Waals surface area (Å²) >= 11 is 0. The van der Waals surface area contributed by atoms with Crippen LogP contribution in [0, 0.1) is 0 Å². The minimum atomic E-state index is -0.852. The lowest BCUT2D eigenvalue weighted by Crippen LogP contribution is -2.07. The van der Waals surface area contributed by atoms with Gasteiger partial charge in [-0.25, -0.2) is 9.97 Å². The van der Waals surface area contributed by atoms with Gasteiger partial charge in [0.25, 0.3) is 0 Å². The Bertz CT molecular complexity index is 560. The van der Waals surface area contributed by atoms with Gasteiger partial charge in [-0.3, -0.25) is 4.79 Å². The number of fused-ring (bicyclic) bond motifs is 1. The average molecular weight is 233 g/mol. The Balaban J connectivity index is 2.46. The molecule has 0 amide bonds. The lowest BCUT2D eigenvalue weighted by atomic mass is 10.0. The van der Waals surface area contributed by atoms with E-state index in [0.29, 0.717) is 17.1 Å². The molecule has 2 aromatic rings. The van der Waals surface area contributed by atoms with Crippen LogP contribution in [-0.2, 0) is 4.79 Å². The molecule has 0 spiro atoms. The van der Waals surface area contributed by atoms with Crippen molar-refractivity contribution >= 4 is 17.1 Å². The Labute approximate surface area is 98.9 Å². The van der Waals surface area contributed by atoms with Gasteiger partial charge in [0.2, 0.25) is 0 Å². The number of aromatic nitrogens is 3. The summed E-state index contributed by atoms with van der Waals surface area (Å²) in [6.07, 6.45) is 1.58. The Morgan fingerprint density at radius 1 is 1.41 bits per heavy atom. The fourth-order valence-electron chi connectivity index (χ4n) is 1.59. The molecule has 2 heterocycles. The highest BCUT2D eigenvalue weighted by Crippen LogP contribution is 2.20. The van der Waals surface area contributed by atoms with E-state index < -0.39 is 11.9 Å². The SMILES string of the molecule is CC(C)c1nc2ncc(C(C)C(=O)O)cc2[nH]1. The van der Waals surface area contributed by atoms with Crippen molar-refractivity contribution in [2.24, 2.45) is 0 Å². The monoisotopic (exact) mass is 233 g/mol. The Hall–Kier alpha value is -1.91. The van der Waals surface area contributed by atoms with Gasteiger partial charge in [-0.15, -0.1) is 0 Å². The van der Waals surface area contributed by atoms with Crippen LogP contribution in [-0.4, -0.2) is 26.0 Å². The van der Waals surface area contributed by atoms with Gasteiger partial charge in [-0.1, -0.05) is 13.8 Å². The van der Waals surface area contributed by atoms with E-state index in [0.717, 1.165) is 11.3 Å². The smallest absolute Gasteiger partial charge is 0.310 e. The van der Waals surface area contributed by atoms with Crippen LogP contribution >= 0.6 is 0 Å². The average Bonchev–Trinajstić information content (AvgIpc) is 2.70. The summed E-state index contributed by atoms with van der Waals surface area (Å²) in [5.74, 6) is -0.246. The zero-order chi connectivity index (χ0) is 12.6. The molecule has 0 bridgehead atoms. The van der Waals surface area contributed by atoms with Crippen molar-refractivity contribution in [3.8, 4) is 0 Å². The van der Waals surface area contributed by atoms with Gasteiger partial charge >= 0.3 is 5.97 Å². The number of nitrogens with zero attached hydrogens (tertiary/aromatic N) is 2. The minimum Gasteiger partial charge on any atom is -0.481 e.